The Morgan fingerprint density at radius 1 is 1.60 bits per heavy atom. The Bertz CT molecular complexity index is 527. The van der Waals surface area contributed by atoms with Crippen molar-refractivity contribution in [1.82, 2.24) is 14.7 Å². The third-order valence-electron chi connectivity index (χ3n) is 3.27. The van der Waals surface area contributed by atoms with Crippen molar-refractivity contribution in [3.05, 3.63) is 17.5 Å². The van der Waals surface area contributed by atoms with Crippen LogP contribution < -0.4 is 0 Å². The van der Waals surface area contributed by atoms with E-state index >= 15 is 0 Å². The highest BCUT2D eigenvalue weighted by Gasteiger charge is 2.30. The molecule has 1 aromatic heterocycles. The van der Waals surface area contributed by atoms with Gasteiger partial charge in [-0.15, -0.1) is 11.6 Å². The van der Waals surface area contributed by atoms with E-state index in [1.807, 2.05) is 6.92 Å². The predicted molar refractivity (Wildman–Crippen MR) is 73.5 cm³/mol. The fraction of sp³-hybridized carbons (Fsp3) is 0.615. The minimum atomic E-state index is -0.559. The number of rotatable bonds is 3. The fourth-order valence-electron chi connectivity index (χ4n) is 2.25. The number of ether oxygens (including phenoxy) is 1. The highest BCUT2D eigenvalue weighted by Crippen LogP contribution is 2.20. The zero-order valence-corrected chi connectivity index (χ0v) is 12.6. The SMILES string of the molecule is CCOC(=O)c1cc2n(n1)CC(C)N(C(=O)C(C)Cl)C2. The third-order valence-corrected chi connectivity index (χ3v) is 3.46. The molecule has 110 valence electrons. The molecule has 0 saturated heterocycles. The normalized spacial score (nSPS) is 19.4. The number of fused-ring (bicyclic) bond motifs is 1. The first-order valence-electron chi connectivity index (χ1n) is 6.62. The van der Waals surface area contributed by atoms with Crippen LogP contribution in [-0.2, 0) is 22.6 Å². The molecule has 0 radical (unpaired) electrons. The second-order valence-corrected chi connectivity index (χ2v) is 5.51. The largest absolute Gasteiger partial charge is 0.461 e. The number of hydrogen-bond donors (Lipinski definition) is 0. The second kappa shape index (κ2) is 5.83. The van der Waals surface area contributed by atoms with Crippen LogP contribution in [0.25, 0.3) is 0 Å². The number of hydrogen-bond acceptors (Lipinski definition) is 4. The van der Waals surface area contributed by atoms with Crippen molar-refractivity contribution >= 4 is 23.5 Å². The Morgan fingerprint density at radius 3 is 2.90 bits per heavy atom. The summed E-state index contributed by atoms with van der Waals surface area (Å²) in [5.41, 5.74) is 1.10. The fourth-order valence-corrected chi connectivity index (χ4v) is 2.37. The van der Waals surface area contributed by atoms with Crippen molar-refractivity contribution in [3.63, 3.8) is 0 Å². The Kier molecular flexibility index (Phi) is 4.32. The molecule has 1 aliphatic rings. The quantitative estimate of drug-likeness (QED) is 0.625. The summed E-state index contributed by atoms with van der Waals surface area (Å²) in [5.74, 6) is -0.546. The van der Waals surface area contributed by atoms with E-state index in [1.54, 1.807) is 29.5 Å². The van der Waals surface area contributed by atoms with E-state index < -0.39 is 11.3 Å². The summed E-state index contributed by atoms with van der Waals surface area (Å²) in [6, 6.07) is 1.66. The number of alkyl halides is 1. The van der Waals surface area contributed by atoms with E-state index in [-0.39, 0.29) is 17.6 Å². The van der Waals surface area contributed by atoms with Gasteiger partial charge in [-0.1, -0.05) is 0 Å². The van der Waals surface area contributed by atoms with E-state index in [0.717, 1.165) is 5.69 Å². The lowest BCUT2D eigenvalue weighted by atomic mass is 10.2. The molecular formula is C13H18ClN3O3. The van der Waals surface area contributed by atoms with Gasteiger partial charge in [-0.3, -0.25) is 9.48 Å². The van der Waals surface area contributed by atoms with Crippen molar-refractivity contribution < 1.29 is 14.3 Å². The van der Waals surface area contributed by atoms with Crippen LogP contribution in [0.1, 0.15) is 37.0 Å². The summed E-state index contributed by atoms with van der Waals surface area (Å²) in [6.07, 6.45) is 0. The van der Waals surface area contributed by atoms with E-state index in [0.29, 0.717) is 19.7 Å². The van der Waals surface area contributed by atoms with Crippen molar-refractivity contribution in [2.24, 2.45) is 0 Å². The monoisotopic (exact) mass is 299 g/mol. The molecular weight excluding hydrogens is 282 g/mol. The molecule has 0 aromatic carbocycles. The van der Waals surface area contributed by atoms with Crippen LogP contribution in [0.5, 0.6) is 0 Å². The molecule has 2 unspecified atom stereocenters. The van der Waals surface area contributed by atoms with Gasteiger partial charge >= 0.3 is 5.97 Å². The number of esters is 1. The molecule has 2 rings (SSSR count). The second-order valence-electron chi connectivity index (χ2n) is 4.85. The lowest BCUT2D eigenvalue weighted by molar-refractivity contribution is -0.134. The van der Waals surface area contributed by atoms with Crippen LogP contribution in [0.2, 0.25) is 0 Å². The summed E-state index contributed by atoms with van der Waals surface area (Å²) >= 11 is 5.86. The number of amides is 1. The maximum absolute atomic E-state index is 12.0. The number of aromatic nitrogens is 2. The van der Waals surface area contributed by atoms with Crippen molar-refractivity contribution in [3.8, 4) is 0 Å². The molecule has 0 spiro atoms. The van der Waals surface area contributed by atoms with Gasteiger partial charge in [0.05, 0.1) is 25.4 Å². The summed E-state index contributed by atoms with van der Waals surface area (Å²) in [5, 5.41) is 3.67. The van der Waals surface area contributed by atoms with Crippen LogP contribution >= 0.6 is 11.6 Å². The predicted octanol–water partition coefficient (Wildman–Crippen LogP) is 1.42. The Morgan fingerprint density at radius 2 is 2.30 bits per heavy atom. The van der Waals surface area contributed by atoms with Gasteiger partial charge < -0.3 is 9.64 Å². The number of carbonyl (C=O) groups is 2. The van der Waals surface area contributed by atoms with Gasteiger partial charge in [0.25, 0.3) is 0 Å². The minimum absolute atomic E-state index is 0.00820. The maximum Gasteiger partial charge on any atom is 0.358 e. The molecule has 7 heteroatoms. The van der Waals surface area contributed by atoms with Gasteiger partial charge in [-0.25, -0.2) is 4.79 Å². The van der Waals surface area contributed by atoms with E-state index in [2.05, 4.69) is 5.10 Å². The van der Waals surface area contributed by atoms with E-state index in [4.69, 9.17) is 16.3 Å². The standard InChI is InChI=1S/C13H18ClN3O3/c1-4-20-13(19)11-5-10-7-16(12(18)9(3)14)8(2)6-17(10)15-11/h5,8-9H,4,6-7H2,1-3H3. The molecule has 0 bridgehead atoms. The molecule has 0 aliphatic carbocycles. The number of halogens is 1. The van der Waals surface area contributed by atoms with Crippen LogP contribution in [0.3, 0.4) is 0 Å². The van der Waals surface area contributed by atoms with Crippen LogP contribution in [0.15, 0.2) is 6.07 Å². The Hall–Kier alpha value is -1.56. The zero-order valence-electron chi connectivity index (χ0n) is 11.8. The third kappa shape index (κ3) is 2.80. The molecule has 20 heavy (non-hydrogen) atoms. The molecule has 1 aliphatic heterocycles. The molecule has 2 heterocycles. The van der Waals surface area contributed by atoms with Gasteiger partial charge in [-0.05, 0) is 26.8 Å². The Labute approximate surface area is 122 Å². The average Bonchev–Trinajstić information content (AvgIpc) is 2.79. The average molecular weight is 300 g/mol. The zero-order chi connectivity index (χ0) is 14.9. The first kappa shape index (κ1) is 14.8. The first-order chi connectivity index (χ1) is 9.43. The molecule has 6 nitrogen and oxygen atoms in total. The smallest absolute Gasteiger partial charge is 0.358 e. The molecule has 1 amide bonds. The first-order valence-corrected chi connectivity index (χ1v) is 7.06. The van der Waals surface area contributed by atoms with Crippen molar-refractivity contribution in [2.45, 2.75) is 45.3 Å². The molecule has 0 N–H and O–H groups in total. The van der Waals surface area contributed by atoms with E-state index in [9.17, 15) is 9.59 Å². The van der Waals surface area contributed by atoms with Crippen LogP contribution in [0.4, 0.5) is 0 Å². The van der Waals surface area contributed by atoms with Gasteiger partial charge in [0.2, 0.25) is 5.91 Å². The summed E-state index contributed by atoms with van der Waals surface area (Å²) in [4.78, 5) is 25.4. The highest BCUT2D eigenvalue weighted by molar-refractivity contribution is 6.30. The molecule has 0 saturated carbocycles. The number of nitrogens with zero attached hydrogens (tertiary/aromatic N) is 3. The lowest BCUT2D eigenvalue weighted by Gasteiger charge is -2.34. The van der Waals surface area contributed by atoms with Crippen molar-refractivity contribution in [1.29, 1.82) is 0 Å². The summed E-state index contributed by atoms with van der Waals surface area (Å²) in [7, 11) is 0. The highest BCUT2D eigenvalue weighted by atomic mass is 35.5. The maximum atomic E-state index is 12.0. The van der Waals surface area contributed by atoms with Gasteiger partial charge in [0, 0.05) is 6.04 Å². The topological polar surface area (TPSA) is 64.4 Å². The lowest BCUT2D eigenvalue weighted by Crippen LogP contribution is -2.47. The molecule has 2 atom stereocenters. The summed E-state index contributed by atoms with van der Waals surface area (Å²) < 4.78 is 6.68. The van der Waals surface area contributed by atoms with Crippen LogP contribution in [-0.4, -0.2) is 44.6 Å². The molecule has 0 fully saturated rings. The number of carbonyl (C=O) groups excluding carboxylic acids is 2. The Balaban J connectivity index is 2.21. The van der Waals surface area contributed by atoms with Gasteiger partial charge in [0.1, 0.15) is 5.38 Å². The van der Waals surface area contributed by atoms with Crippen molar-refractivity contribution in [2.75, 3.05) is 6.61 Å². The van der Waals surface area contributed by atoms with Gasteiger partial charge in [0.15, 0.2) is 5.69 Å². The minimum Gasteiger partial charge on any atom is -0.461 e. The van der Waals surface area contributed by atoms with E-state index in [1.165, 1.54) is 0 Å². The summed E-state index contributed by atoms with van der Waals surface area (Å²) in [6.45, 7) is 6.61. The van der Waals surface area contributed by atoms with Gasteiger partial charge in [-0.2, -0.15) is 5.10 Å². The van der Waals surface area contributed by atoms with Crippen LogP contribution in [0, 0.1) is 0 Å². The molecule has 1 aromatic rings.